The summed E-state index contributed by atoms with van der Waals surface area (Å²) < 4.78 is 37.8. The maximum atomic E-state index is 12.9. The molecule has 34 heavy (non-hydrogen) atoms. The zero-order valence-corrected chi connectivity index (χ0v) is 20.5. The minimum Gasteiger partial charge on any atom is -0.493 e. The minimum atomic E-state index is -3.65. The van der Waals surface area contributed by atoms with Crippen molar-refractivity contribution in [1.29, 1.82) is 0 Å². The first kappa shape index (κ1) is 25.5. The molecule has 2 amide bonds. The van der Waals surface area contributed by atoms with Crippen molar-refractivity contribution < 1.29 is 27.5 Å². The van der Waals surface area contributed by atoms with E-state index in [4.69, 9.17) is 9.47 Å². The van der Waals surface area contributed by atoms with Gasteiger partial charge in [-0.15, -0.1) is 0 Å². The third-order valence-corrected chi connectivity index (χ3v) is 7.71. The zero-order chi connectivity index (χ0) is 24.7. The summed E-state index contributed by atoms with van der Waals surface area (Å²) in [6.45, 7) is 2.43. The molecular weight excluding hydrogens is 458 g/mol. The number of anilines is 1. The first-order chi connectivity index (χ1) is 16.2. The Labute approximate surface area is 200 Å². The molecule has 0 atom stereocenters. The van der Waals surface area contributed by atoms with E-state index in [-0.39, 0.29) is 35.7 Å². The Kier molecular flexibility index (Phi) is 8.51. The van der Waals surface area contributed by atoms with Gasteiger partial charge in [0.25, 0.3) is 0 Å². The number of hydrogen-bond donors (Lipinski definition) is 2. The van der Waals surface area contributed by atoms with Gasteiger partial charge in [-0.05, 0) is 61.2 Å². The van der Waals surface area contributed by atoms with Crippen LogP contribution >= 0.6 is 0 Å². The molecule has 10 heteroatoms. The monoisotopic (exact) mass is 489 g/mol. The summed E-state index contributed by atoms with van der Waals surface area (Å²) in [5.41, 5.74) is 1.55. The van der Waals surface area contributed by atoms with Gasteiger partial charge in [-0.2, -0.15) is 4.31 Å². The molecular formula is C24H31N3O6S. The van der Waals surface area contributed by atoms with Crippen molar-refractivity contribution in [2.75, 3.05) is 39.2 Å². The molecule has 0 aliphatic carbocycles. The molecule has 0 radical (unpaired) electrons. The van der Waals surface area contributed by atoms with E-state index in [1.807, 2.05) is 18.2 Å². The molecule has 0 bridgehead atoms. The van der Waals surface area contributed by atoms with E-state index in [9.17, 15) is 18.0 Å². The first-order valence-corrected chi connectivity index (χ1v) is 12.5. The van der Waals surface area contributed by atoms with E-state index in [1.54, 1.807) is 26.4 Å². The van der Waals surface area contributed by atoms with Gasteiger partial charge in [-0.1, -0.05) is 6.07 Å². The van der Waals surface area contributed by atoms with Crippen LogP contribution in [0.25, 0.3) is 0 Å². The molecule has 0 unspecified atom stereocenters. The van der Waals surface area contributed by atoms with Crippen LogP contribution in [0, 0.1) is 5.92 Å². The fourth-order valence-electron chi connectivity index (χ4n) is 3.93. The van der Waals surface area contributed by atoms with Gasteiger partial charge < -0.3 is 20.1 Å². The Morgan fingerprint density at radius 1 is 1.00 bits per heavy atom. The van der Waals surface area contributed by atoms with Gasteiger partial charge >= 0.3 is 0 Å². The lowest BCUT2D eigenvalue weighted by Gasteiger charge is -2.30. The second-order valence-electron chi connectivity index (χ2n) is 8.11. The van der Waals surface area contributed by atoms with Gasteiger partial charge in [0.2, 0.25) is 21.8 Å². The molecule has 0 aromatic heterocycles. The average molecular weight is 490 g/mol. The summed E-state index contributed by atoms with van der Waals surface area (Å²) in [7, 11) is -0.493. The summed E-state index contributed by atoms with van der Waals surface area (Å²) in [4.78, 5) is 23.9. The van der Waals surface area contributed by atoms with Crippen LogP contribution in [0.5, 0.6) is 11.5 Å². The normalized spacial score (nSPS) is 14.9. The van der Waals surface area contributed by atoms with Crippen LogP contribution < -0.4 is 20.1 Å². The van der Waals surface area contributed by atoms with Gasteiger partial charge in [-0.3, -0.25) is 9.59 Å². The molecule has 2 aromatic rings. The number of hydrogen-bond acceptors (Lipinski definition) is 6. The summed E-state index contributed by atoms with van der Waals surface area (Å²) >= 11 is 0. The van der Waals surface area contributed by atoms with Crippen LogP contribution in [0.4, 0.5) is 5.69 Å². The molecule has 3 rings (SSSR count). The van der Waals surface area contributed by atoms with E-state index >= 15 is 0 Å². The maximum Gasteiger partial charge on any atom is 0.243 e. The lowest BCUT2D eigenvalue weighted by atomic mass is 9.97. The van der Waals surface area contributed by atoms with Gasteiger partial charge in [0.05, 0.1) is 19.1 Å². The van der Waals surface area contributed by atoms with Crippen molar-refractivity contribution in [3.8, 4) is 11.5 Å². The number of rotatable bonds is 9. The average Bonchev–Trinajstić information content (AvgIpc) is 2.84. The number of carbonyl (C=O) groups is 2. The van der Waals surface area contributed by atoms with E-state index in [2.05, 4.69) is 10.6 Å². The van der Waals surface area contributed by atoms with Crippen LogP contribution in [0.1, 0.15) is 25.3 Å². The molecule has 184 valence electrons. The summed E-state index contributed by atoms with van der Waals surface area (Å²) in [5.74, 6) is 0.793. The van der Waals surface area contributed by atoms with E-state index in [1.165, 1.54) is 23.4 Å². The third-order valence-electron chi connectivity index (χ3n) is 5.80. The summed E-state index contributed by atoms with van der Waals surface area (Å²) in [5, 5.41) is 5.58. The minimum absolute atomic E-state index is 0.0582. The summed E-state index contributed by atoms with van der Waals surface area (Å²) in [6.07, 6.45) is 1.57. The molecule has 1 aliphatic rings. The van der Waals surface area contributed by atoms with Crippen LogP contribution in [-0.4, -0.2) is 58.4 Å². The highest BCUT2D eigenvalue weighted by atomic mass is 32.2. The van der Waals surface area contributed by atoms with Crippen LogP contribution in [0.15, 0.2) is 47.4 Å². The topological polar surface area (TPSA) is 114 Å². The van der Waals surface area contributed by atoms with Crippen LogP contribution in [-0.2, 0) is 26.0 Å². The Balaban J connectivity index is 1.49. The van der Waals surface area contributed by atoms with Gasteiger partial charge in [0.1, 0.15) is 0 Å². The molecule has 1 fully saturated rings. The maximum absolute atomic E-state index is 12.9. The molecule has 2 aromatic carbocycles. The molecule has 9 nitrogen and oxygen atoms in total. The van der Waals surface area contributed by atoms with Crippen molar-refractivity contribution in [1.82, 2.24) is 9.62 Å². The quantitative estimate of drug-likeness (QED) is 0.559. The van der Waals surface area contributed by atoms with Gasteiger partial charge in [-0.25, -0.2) is 8.42 Å². The predicted molar refractivity (Wildman–Crippen MR) is 128 cm³/mol. The third kappa shape index (κ3) is 6.27. The number of piperidine rings is 1. The predicted octanol–water partition coefficient (Wildman–Crippen LogP) is 2.42. The molecule has 0 saturated carbocycles. The highest BCUT2D eigenvalue weighted by Gasteiger charge is 2.32. The number of benzene rings is 2. The Morgan fingerprint density at radius 3 is 2.24 bits per heavy atom. The number of ether oxygens (including phenoxy) is 2. The van der Waals surface area contributed by atoms with E-state index in [0.29, 0.717) is 43.0 Å². The van der Waals surface area contributed by atoms with Crippen molar-refractivity contribution in [3.63, 3.8) is 0 Å². The molecule has 0 spiro atoms. The number of carbonyl (C=O) groups excluding carboxylic acids is 2. The number of amides is 2. The standard InChI is InChI=1S/C24H31N3O6S/c1-17(28)26-20-5-7-21(8-6-20)34(30,31)27-14-11-19(12-15-27)24(29)25-13-10-18-4-9-22(32-2)23(16-18)33-3/h4-9,16,19H,10-15H2,1-3H3,(H,25,29)(H,26,28). The van der Waals surface area contributed by atoms with E-state index in [0.717, 1.165) is 5.56 Å². The smallest absolute Gasteiger partial charge is 0.243 e. The van der Waals surface area contributed by atoms with Crippen LogP contribution in [0.3, 0.4) is 0 Å². The van der Waals surface area contributed by atoms with Crippen molar-refractivity contribution in [2.45, 2.75) is 31.1 Å². The van der Waals surface area contributed by atoms with Gasteiger partial charge in [0, 0.05) is 38.2 Å². The van der Waals surface area contributed by atoms with Gasteiger partial charge in [0.15, 0.2) is 11.5 Å². The number of nitrogens with zero attached hydrogens (tertiary/aromatic N) is 1. The van der Waals surface area contributed by atoms with Crippen molar-refractivity contribution in [2.24, 2.45) is 5.92 Å². The lowest BCUT2D eigenvalue weighted by molar-refractivity contribution is -0.126. The van der Waals surface area contributed by atoms with Crippen molar-refractivity contribution >= 4 is 27.5 Å². The number of sulfonamides is 1. The Bertz CT molecular complexity index is 1110. The second kappa shape index (κ2) is 11.3. The highest BCUT2D eigenvalue weighted by molar-refractivity contribution is 7.89. The van der Waals surface area contributed by atoms with Crippen molar-refractivity contribution in [3.05, 3.63) is 48.0 Å². The number of methoxy groups -OCH3 is 2. The SMILES string of the molecule is COc1ccc(CCNC(=O)C2CCN(S(=O)(=O)c3ccc(NC(C)=O)cc3)CC2)cc1OC. The fourth-order valence-corrected chi connectivity index (χ4v) is 5.40. The molecule has 1 aliphatic heterocycles. The van der Waals surface area contributed by atoms with E-state index < -0.39 is 10.0 Å². The fraction of sp³-hybridized carbons (Fsp3) is 0.417. The van der Waals surface area contributed by atoms with Crippen LogP contribution in [0.2, 0.25) is 0 Å². The lowest BCUT2D eigenvalue weighted by Crippen LogP contribution is -2.43. The number of nitrogens with one attached hydrogen (secondary N) is 2. The highest BCUT2D eigenvalue weighted by Crippen LogP contribution is 2.28. The summed E-state index contributed by atoms with van der Waals surface area (Å²) in [6, 6.07) is 11.7. The largest absolute Gasteiger partial charge is 0.493 e. The Hall–Kier alpha value is -3.11. The zero-order valence-electron chi connectivity index (χ0n) is 19.7. The second-order valence-corrected chi connectivity index (χ2v) is 10.1. The Morgan fingerprint density at radius 2 is 1.65 bits per heavy atom. The molecule has 1 saturated heterocycles. The molecule has 2 N–H and O–H groups in total. The molecule has 1 heterocycles. The first-order valence-electron chi connectivity index (χ1n) is 11.1.